The second-order valence-electron chi connectivity index (χ2n) is 4.37. The molecule has 17 heavy (non-hydrogen) atoms. The quantitative estimate of drug-likeness (QED) is 0.898. The lowest BCUT2D eigenvalue weighted by atomic mass is 10.0. The number of carbonyl (C=O) groups is 1. The van der Waals surface area contributed by atoms with Crippen molar-refractivity contribution in [1.29, 1.82) is 0 Å². The molecule has 0 spiro atoms. The normalized spacial score (nSPS) is 17.8. The van der Waals surface area contributed by atoms with Crippen molar-refractivity contribution >= 4 is 34.2 Å². The molecule has 1 aromatic rings. The Morgan fingerprint density at radius 1 is 1.53 bits per heavy atom. The van der Waals surface area contributed by atoms with Crippen molar-refractivity contribution in [3.8, 4) is 0 Å². The van der Waals surface area contributed by atoms with Crippen LogP contribution in [0.2, 0.25) is 0 Å². The molecule has 1 fully saturated rings. The highest BCUT2D eigenvalue weighted by Crippen LogP contribution is 2.45. The molecule has 3 nitrogen and oxygen atoms in total. The van der Waals surface area contributed by atoms with Gasteiger partial charge in [0.15, 0.2) is 0 Å². The first-order valence-electron chi connectivity index (χ1n) is 5.37. The molecule has 0 unspecified atom stereocenters. The van der Waals surface area contributed by atoms with E-state index in [0.717, 1.165) is 22.9 Å². The minimum absolute atomic E-state index is 0. The van der Waals surface area contributed by atoms with E-state index in [9.17, 15) is 4.79 Å². The number of benzene rings is 1. The maximum Gasteiger partial charge on any atom is 0.237 e. The zero-order valence-electron chi connectivity index (χ0n) is 9.57. The molecule has 1 aliphatic rings. The van der Waals surface area contributed by atoms with E-state index in [1.54, 1.807) is 6.92 Å². The summed E-state index contributed by atoms with van der Waals surface area (Å²) in [6, 6.07) is 7.60. The summed E-state index contributed by atoms with van der Waals surface area (Å²) in [6.45, 7) is 1.70. The number of rotatable bonds is 3. The van der Waals surface area contributed by atoms with Crippen LogP contribution < -0.4 is 11.1 Å². The zero-order valence-corrected chi connectivity index (χ0v) is 12.0. The minimum atomic E-state index is -0.454. The predicted octanol–water partition coefficient (Wildman–Crippen LogP) is 2.32. The van der Waals surface area contributed by atoms with Crippen LogP contribution in [0.25, 0.3) is 0 Å². The van der Waals surface area contributed by atoms with Gasteiger partial charge in [-0.25, -0.2) is 0 Å². The number of halogens is 2. The van der Waals surface area contributed by atoms with Crippen molar-refractivity contribution in [2.75, 3.05) is 0 Å². The third-order valence-electron chi connectivity index (χ3n) is 2.90. The van der Waals surface area contributed by atoms with Crippen LogP contribution in [0, 0.1) is 0 Å². The Bertz CT molecular complexity index is 419. The molecule has 0 bridgehead atoms. The summed E-state index contributed by atoms with van der Waals surface area (Å²) < 4.78 is 1.03. The summed E-state index contributed by atoms with van der Waals surface area (Å²) in [7, 11) is 0. The Hall–Kier alpha value is -0.580. The van der Waals surface area contributed by atoms with Crippen LogP contribution in [0.3, 0.4) is 0 Å². The molecule has 3 N–H and O–H groups in total. The van der Waals surface area contributed by atoms with E-state index >= 15 is 0 Å². The highest BCUT2D eigenvalue weighted by Gasteiger charge is 2.45. The lowest BCUT2D eigenvalue weighted by molar-refractivity contribution is -0.123. The first-order valence-corrected chi connectivity index (χ1v) is 6.16. The summed E-state index contributed by atoms with van der Waals surface area (Å²) in [6.07, 6.45) is 1.98. The Labute approximate surface area is 116 Å². The molecule has 0 heterocycles. The summed E-state index contributed by atoms with van der Waals surface area (Å²) in [4.78, 5) is 11.6. The van der Waals surface area contributed by atoms with Crippen molar-refractivity contribution in [3.63, 3.8) is 0 Å². The Kier molecular flexibility index (Phi) is 4.58. The molecule has 1 saturated carbocycles. The van der Waals surface area contributed by atoms with Gasteiger partial charge in [-0.05, 0) is 37.5 Å². The van der Waals surface area contributed by atoms with E-state index in [2.05, 4.69) is 27.3 Å². The monoisotopic (exact) mass is 318 g/mol. The molecule has 2 rings (SSSR count). The van der Waals surface area contributed by atoms with Gasteiger partial charge in [-0.15, -0.1) is 12.4 Å². The molecule has 0 radical (unpaired) electrons. The smallest absolute Gasteiger partial charge is 0.237 e. The van der Waals surface area contributed by atoms with Crippen LogP contribution in [0.15, 0.2) is 28.7 Å². The number of hydrogen-bond acceptors (Lipinski definition) is 2. The lowest BCUT2D eigenvalue weighted by Gasteiger charge is -2.19. The molecule has 5 heteroatoms. The van der Waals surface area contributed by atoms with E-state index in [1.807, 2.05) is 18.2 Å². The molecule has 0 aromatic heterocycles. The standard InChI is InChI=1S/C12H15BrN2O.ClH/c1-8(14)11(16)15-12(5-6-12)9-3-2-4-10(13)7-9;/h2-4,7-8H,5-6,14H2,1H3,(H,15,16);1H/t8-;/m0./s1. The molecular weight excluding hydrogens is 304 g/mol. The molecular formula is C12H16BrClN2O. The van der Waals surface area contributed by atoms with Crippen molar-refractivity contribution in [2.45, 2.75) is 31.3 Å². The van der Waals surface area contributed by atoms with E-state index in [0.29, 0.717) is 0 Å². The van der Waals surface area contributed by atoms with Crippen LogP contribution in [-0.2, 0) is 10.3 Å². The summed E-state index contributed by atoms with van der Waals surface area (Å²) in [5.74, 6) is -0.0857. The summed E-state index contributed by atoms with van der Waals surface area (Å²) in [5, 5.41) is 3.03. The van der Waals surface area contributed by atoms with Gasteiger partial charge in [0.25, 0.3) is 0 Å². The highest BCUT2D eigenvalue weighted by atomic mass is 79.9. The van der Waals surface area contributed by atoms with Crippen molar-refractivity contribution in [3.05, 3.63) is 34.3 Å². The topological polar surface area (TPSA) is 55.1 Å². The van der Waals surface area contributed by atoms with Crippen LogP contribution in [0.4, 0.5) is 0 Å². The third-order valence-corrected chi connectivity index (χ3v) is 3.40. The van der Waals surface area contributed by atoms with Crippen LogP contribution in [0.1, 0.15) is 25.3 Å². The van der Waals surface area contributed by atoms with Crippen molar-refractivity contribution in [1.82, 2.24) is 5.32 Å². The largest absolute Gasteiger partial charge is 0.345 e. The Morgan fingerprint density at radius 3 is 2.65 bits per heavy atom. The Morgan fingerprint density at radius 2 is 2.18 bits per heavy atom. The maximum absolute atomic E-state index is 11.6. The van der Waals surface area contributed by atoms with Gasteiger partial charge in [0.05, 0.1) is 11.6 Å². The third kappa shape index (κ3) is 3.21. The summed E-state index contributed by atoms with van der Waals surface area (Å²) >= 11 is 3.44. The van der Waals surface area contributed by atoms with Crippen LogP contribution in [0.5, 0.6) is 0 Å². The zero-order chi connectivity index (χ0) is 11.8. The van der Waals surface area contributed by atoms with Crippen LogP contribution >= 0.6 is 28.3 Å². The van der Waals surface area contributed by atoms with Gasteiger partial charge < -0.3 is 11.1 Å². The number of nitrogens with two attached hydrogens (primary N) is 1. The number of hydrogen-bond donors (Lipinski definition) is 2. The molecule has 1 aliphatic carbocycles. The fraction of sp³-hybridized carbons (Fsp3) is 0.417. The number of nitrogens with one attached hydrogen (secondary N) is 1. The molecule has 1 amide bonds. The molecule has 94 valence electrons. The van der Waals surface area contributed by atoms with E-state index in [-0.39, 0.29) is 23.9 Å². The fourth-order valence-electron chi connectivity index (χ4n) is 1.75. The number of amides is 1. The van der Waals surface area contributed by atoms with Crippen LogP contribution in [-0.4, -0.2) is 11.9 Å². The molecule has 1 aromatic carbocycles. The second-order valence-corrected chi connectivity index (χ2v) is 5.29. The van der Waals surface area contributed by atoms with Gasteiger partial charge in [0, 0.05) is 4.47 Å². The van der Waals surface area contributed by atoms with E-state index in [4.69, 9.17) is 5.73 Å². The maximum atomic E-state index is 11.6. The highest BCUT2D eigenvalue weighted by molar-refractivity contribution is 9.10. The van der Waals surface area contributed by atoms with Crippen molar-refractivity contribution in [2.24, 2.45) is 5.73 Å². The van der Waals surface area contributed by atoms with Gasteiger partial charge in [-0.2, -0.15) is 0 Å². The van der Waals surface area contributed by atoms with E-state index in [1.165, 1.54) is 0 Å². The van der Waals surface area contributed by atoms with Gasteiger partial charge in [-0.3, -0.25) is 4.79 Å². The SMILES string of the molecule is C[C@H](N)C(=O)NC1(c2cccc(Br)c2)CC1.Cl. The van der Waals surface area contributed by atoms with E-state index < -0.39 is 6.04 Å². The average molecular weight is 320 g/mol. The van der Waals surface area contributed by atoms with Gasteiger partial charge >= 0.3 is 0 Å². The Balaban J connectivity index is 0.00000144. The van der Waals surface area contributed by atoms with Gasteiger partial charge in [-0.1, -0.05) is 28.1 Å². The second kappa shape index (κ2) is 5.38. The minimum Gasteiger partial charge on any atom is -0.345 e. The first-order chi connectivity index (χ1) is 7.53. The van der Waals surface area contributed by atoms with Gasteiger partial charge in [0.2, 0.25) is 5.91 Å². The number of carbonyl (C=O) groups excluding carboxylic acids is 1. The first kappa shape index (κ1) is 14.5. The van der Waals surface area contributed by atoms with Gasteiger partial charge in [0.1, 0.15) is 0 Å². The lowest BCUT2D eigenvalue weighted by Crippen LogP contribution is -2.44. The molecule has 1 atom stereocenters. The fourth-order valence-corrected chi connectivity index (χ4v) is 2.15. The molecule has 0 aliphatic heterocycles. The molecule has 0 saturated heterocycles. The summed E-state index contributed by atoms with van der Waals surface area (Å²) in [5.41, 5.74) is 6.53. The van der Waals surface area contributed by atoms with Crippen molar-refractivity contribution < 1.29 is 4.79 Å². The average Bonchev–Trinajstić information content (AvgIpc) is 2.99. The predicted molar refractivity (Wildman–Crippen MR) is 74.1 cm³/mol.